The van der Waals surface area contributed by atoms with Gasteiger partial charge in [-0.25, -0.2) is 0 Å². The Morgan fingerprint density at radius 1 is 1.05 bits per heavy atom. The van der Waals surface area contributed by atoms with Gasteiger partial charge < -0.3 is 10.2 Å². The Bertz CT molecular complexity index is 342. The highest BCUT2D eigenvalue weighted by Crippen LogP contribution is 2.34. The zero-order valence-electron chi connectivity index (χ0n) is 13.2. The predicted octanol–water partition coefficient (Wildman–Crippen LogP) is 3.71. The normalized spacial score (nSPS) is 13.8. The molecule has 2 nitrogen and oxygen atoms in total. The first-order valence-corrected chi connectivity index (χ1v) is 7.55. The molecule has 0 aliphatic rings. The van der Waals surface area contributed by atoms with Gasteiger partial charge in [-0.3, -0.25) is 0 Å². The quantitative estimate of drug-likeness (QED) is 0.768. The van der Waals surface area contributed by atoms with Crippen LogP contribution in [0.5, 0.6) is 0 Å². The summed E-state index contributed by atoms with van der Waals surface area (Å²) in [6.07, 6.45) is 0. The van der Waals surface area contributed by atoms with Crippen LogP contribution < -0.4 is 5.32 Å². The van der Waals surface area contributed by atoms with E-state index < -0.39 is 0 Å². The van der Waals surface area contributed by atoms with Crippen molar-refractivity contribution in [3.05, 3.63) is 35.9 Å². The summed E-state index contributed by atoms with van der Waals surface area (Å²) in [6.45, 7) is 15.8. The summed E-state index contributed by atoms with van der Waals surface area (Å²) in [5.41, 5.74) is 1.60. The van der Waals surface area contributed by atoms with Crippen molar-refractivity contribution in [3.63, 3.8) is 0 Å². The van der Waals surface area contributed by atoms with Gasteiger partial charge in [-0.05, 0) is 30.6 Å². The Labute approximate surface area is 119 Å². The molecule has 0 saturated carbocycles. The lowest BCUT2D eigenvalue weighted by molar-refractivity contribution is 0.146. The van der Waals surface area contributed by atoms with E-state index in [1.165, 1.54) is 5.56 Å². The minimum atomic E-state index is 0.212. The van der Waals surface area contributed by atoms with Crippen LogP contribution in [0.3, 0.4) is 0 Å². The molecule has 1 N–H and O–H groups in total. The van der Waals surface area contributed by atoms with Gasteiger partial charge in [0.05, 0.1) is 0 Å². The van der Waals surface area contributed by atoms with Gasteiger partial charge in [-0.15, -0.1) is 0 Å². The van der Waals surface area contributed by atoms with Crippen LogP contribution in [0.1, 0.15) is 46.2 Å². The Kier molecular flexibility index (Phi) is 6.53. The summed E-state index contributed by atoms with van der Waals surface area (Å²) < 4.78 is 0. The molecule has 1 rings (SSSR count). The van der Waals surface area contributed by atoms with Gasteiger partial charge in [0.1, 0.15) is 0 Å². The van der Waals surface area contributed by atoms with E-state index in [9.17, 15) is 0 Å². The molecular formula is C17H30N2. The number of rotatable bonds is 8. The molecule has 19 heavy (non-hydrogen) atoms. The van der Waals surface area contributed by atoms with E-state index in [0.29, 0.717) is 6.04 Å². The van der Waals surface area contributed by atoms with Crippen LogP contribution in [0, 0.1) is 5.41 Å². The molecule has 0 fully saturated rings. The van der Waals surface area contributed by atoms with Gasteiger partial charge in [0, 0.05) is 12.6 Å². The first-order valence-electron chi connectivity index (χ1n) is 7.55. The molecule has 1 aromatic carbocycles. The maximum Gasteiger partial charge on any atom is 0.0384 e. The Morgan fingerprint density at radius 3 is 2.11 bits per heavy atom. The highest BCUT2D eigenvalue weighted by Gasteiger charge is 2.31. The monoisotopic (exact) mass is 262 g/mol. The van der Waals surface area contributed by atoms with E-state index >= 15 is 0 Å². The third-order valence-electron chi connectivity index (χ3n) is 3.85. The molecule has 0 spiro atoms. The molecule has 1 unspecified atom stereocenters. The van der Waals surface area contributed by atoms with Crippen LogP contribution in [0.4, 0.5) is 0 Å². The van der Waals surface area contributed by atoms with Crippen molar-refractivity contribution in [3.8, 4) is 0 Å². The number of hydrogen-bond donors (Lipinski definition) is 1. The zero-order valence-corrected chi connectivity index (χ0v) is 13.2. The van der Waals surface area contributed by atoms with E-state index in [0.717, 1.165) is 26.2 Å². The number of hydrogen-bond acceptors (Lipinski definition) is 2. The molecule has 0 saturated heterocycles. The van der Waals surface area contributed by atoms with Crippen molar-refractivity contribution < 1.29 is 0 Å². The van der Waals surface area contributed by atoms with E-state index in [1.54, 1.807) is 0 Å². The summed E-state index contributed by atoms with van der Waals surface area (Å²) in [4.78, 5) is 2.51. The highest BCUT2D eigenvalue weighted by atomic mass is 15.1. The Balaban J connectivity index is 2.90. The molecule has 108 valence electrons. The maximum atomic E-state index is 3.67. The fourth-order valence-corrected chi connectivity index (χ4v) is 2.81. The molecule has 0 bridgehead atoms. The van der Waals surface area contributed by atoms with Gasteiger partial charge in [0.15, 0.2) is 0 Å². The van der Waals surface area contributed by atoms with E-state index in [-0.39, 0.29) is 5.41 Å². The maximum absolute atomic E-state index is 3.67. The third-order valence-corrected chi connectivity index (χ3v) is 3.85. The third kappa shape index (κ3) is 4.63. The molecule has 1 atom stereocenters. The standard InChI is InChI=1S/C17H30N2/c1-6-18-16(15-12-10-9-11-13-15)17(4,5)14-19(7-2)8-3/h9-13,16,18H,6-8,14H2,1-5H3. The van der Waals surface area contributed by atoms with Crippen LogP contribution in [-0.4, -0.2) is 31.1 Å². The molecule has 0 amide bonds. The first kappa shape index (κ1) is 16.2. The SMILES string of the molecule is CCNC(c1ccccc1)C(C)(C)CN(CC)CC. The molecule has 0 aliphatic carbocycles. The first-order chi connectivity index (χ1) is 9.05. The van der Waals surface area contributed by atoms with Gasteiger partial charge in [0.2, 0.25) is 0 Å². The van der Waals surface area contributed by atoms with Gasteiger partial charge >= 0.3 is 0 Å². The smallest absolute Gasteiger partial charge is 0.0384 e. The Hall–Kier alpha value is -0.860. The predicted molar refractivity (Wildman–Crippen MR) is 84.4 cm³/mol. The molecule has 0 radical (unpaired) electrons. The van der Waals surface area contributed by atoms with E-state index in [4.69, 9.17) is 0 Å². The van der Waals surface area contributed by atoms with Crippen LogP contribution in [0.2, 0.25) is 0 Å². The van der Waals surface area contributed by atoms with Crippen molar-refractivity contribution in [1.82, 2.24) is 10.2 Å². The second kappa shape index (κ2) is 7.66. The topological polar surface area (TPSA) is 15.3 Å². The lowest BCUT2D eigenvalue weighted by Gasteiger charge is -2.39. The number of nitrogens with one attached hydrogen (secondary N) is 1. The van der Waals surface area contributed by atoms with Gasteiger partial charge in [0.25, 0.3) is 0 Å². The molecule has 0 heterocycles. The van der Waals surface area contributed by atoms with Crippen LogP contribution in [0.25, 0.3) is 0 Å². The lowest BCUT2D eigenvalue weighted by Crippen LogP contribution is -2.43. The van der Waals surface area contributed by atoms with Gasteiger partial charge in [-0.2, -0.15) is 0 Å². The average molecular weight is 262 g/mol. The van der Waals surface area contributed by atoms with Gasteiger partial charge in [-0.1, -0.05) is 65.0 Å². The van der Waals surface area contributed by atoms with Crippen molar-refractivity contribution >= 4 is 0 Å². The fraction of sp³-hybridized carbons (Fsp3) is 0.647. The second-order valence-electron chi connectivity index (χ2n) is 5.85. The minimum Gasteiger partial charge on any atom is -0.310 e. The highest BCUT2D eigenvalue weighted by molar-refractivity contribution is 5.21. The van der Waals surface area contributed by atoms with Crippen molar-refractivity contribution in [2.45, 2.75) is 40.7 Å². The molecule has 0 aromatic heterocycles. The number of nitrogens with zero attached hydrogens (tertiary/aromatic N) is 1. The lowest BCUT2D eigenvalue weighted by atomic mass is 9.79. The van der Waals surface area contributed by atoms with Crippen LogP contribution >= 0.6 is 0 Å². The summed E-state index contributed by atoms with van der Waals surface area (Å²) in [6, 6.07) is 11.2. The summed E-state index contributed by atoms with van der Waals surface area (Å²) in [5, 5.41) is 3.67. The van der Waals surface area contributed by atoms with Crippen LogP contribution in [0.15, 0.2) is 30.3 Å². The summed E-state index contributed by atoms with van der Waals surface area (Å²) in [7, 11) is 0. The summed E-state index contributed by atoms with van der Waals surface area (Å²) in [5.74, 6) is 0. The molecule has 2 heteroatoms. The minimum absolute atomic E-state index is 0.212. The van der Waals surface area contributed by atoms with Crippen molar-refractivity contribution in [2.75, 3.05) is 26.2 Å². The van der Waals surface area contributed by atoms with Crippen LogP contribution in [-0.2, 0) is 0 Å². The fourth-order valence-electron chi connectivity index (χ4n) is 2.81. The Morgan fingerprint density at radius 2 is 1.63 bits per heavy atom. The molecule has 1 aromatic rings. The average Bonchev–Trinajstić information content (AvgIpc) is 2.43. The van der Waals surface area contributed by atoms with Crippen molar-refractivity contribution in [1.29, 1.82) is 0 Å². The molecular weight excluding hydrogens is 232 g/mol. The number of benzene rings is 1. The second-order valence-corrected chi connectivity index (χ2v) is 5.85. The van der Waals surface area contributed by atoms with Crippen molar-refractivity contribution in [2.24, 2.45) is 5.41 Å². The zero-order chi connectivity index (χ0) is 14.3. The largest absolute Gasteiger partial charge is 0.310 e. The summed E-state index contributed by atoms with van der Waals surface area (Å²) >= 11 is 0. The molecule has 0 aliphatic heterocycles. The van der Waals surface area contributed by atoms with E-state index in [2.05, 4.69) is 75.2 Å². The van der Waals surface area contributed by atoms with E-state index in [1.807, 2.05) is 0 Å².